The van der Waals surface area contributed by atoms with Crippen LogP contribution in [0.15, 0.2) is 237 Å². The smallest absolute Gasteiger partial charge is 0.162 e. The molecule has 4 rings (SSSR count). The predicted molar refractivity (Wildman–Crippen MR) is 369 cm³/mol. The molecule has 0 amide bonds. The quantitative estimate of drug-likeness (QED) is 0.0634. The molecular weight excluding hydrogens is 1060 g/mol. The van der Waals surface area contributed by atoms with Crippen molar-refractivity contribution in [2.24, 2.45) is 32.5 Å². The fourth-order valence-corrected chi connectivity index (χ4v) is 12.4. The average molecular weight is 1170 g/mol. The molecule has 86 heavy (non-hydrogen) atoms. The number of allylic oxidation sites excluding steroid dienone is 38. The van der Waals surface area contributed by atoms with E-state index in [1.807, 2.05) is 114 Å². The molecule has 0 radical (unpaired) electrons. The number of rotatable bonds is 22. The third kappa shape index (κ3) is 23.6. The van der Waals surface area contributed by atoms with Gasteiger partial charge < -0.3 is 20.4 Å². The van der Waals surface area contributed by atoms with Gasteiger partial charge in [0.25, 0.3) is 0 Å². The first-order chi connectivity index (χ1) is 39.9. The summed E-state index contributed by atoms with van der Waals surface area (Å²) in [4.78, 5) is 25.9. The maximum atomic E-state index is 12.9. The molecule has 0 aliphatic heterocycles. The Hall–Kier alpha value is -6.02. The Kier molecular flexibility index (Phi) is 28.8. The lowest BCUT2D eigenvalue weighted by Crippen LogP contribution is -2.36. The SMILES string of the molecule is CC(/C=C/C=C(C)/C=C/C(=O)[C@]1(C)C[C@@H](O)CC1(C)C)=C\C=C\C=C(C)\C=C\C=C(C)\C=C\C(=O)[C@]1(C)C[C@@H](O)CC1(C)C.CC1=C(/C=C/C(C)=C/C=C/C(C)=C/C=C/C=C(C)/C=C/C=C(C)/C=C/C2=C(C)C[C@@H](O)CC2(C)C)C(C)(C)C[C@H](O)C1. The van der Waals surface area contributed by atoms with Gasteiger partial charge in [-0.15, -0.1) is 0 Å². The average Bonchev–Trinajstić information content (AvgIpc) is 2.55. The molecule has 0 unspecified atom stereocenters. The van der Waals surface area contributed by atoms with Crippen LogP contribution in [-0.4, -0.2) is 56.4 Å². The second-order valence-electron chi connectivity index (χ2n) is 28.4. The molecule has 6 nitrogen and oxygen atoms in total. The second kappa shape index (κ2) is 33.4. The van der Waals surface area contributed by atoms with Gasteiger partial charge >= 0.3 is 0 Å². The van der Waals surface area contributed by atoms with Crippen LogP contribution in [-0.2, 0) is 9.59 Å². The maximum Gasteiger partial charge on any atom is 0.162 e. The van der Waals surface area contributed by atoms with Gasteiger partial charge in [-0.3, -0.25) is 9.59 Å². The molecule has 0 bridgehead atoms. The second-order valence-corrected chi connectivity index (χ2v) is 28.4. The summed E-state index contributed by atoms with van der Waals surface area (Å²) >= 11 is 0. The van der Waals surface area contributed by atoms with E-state index in [-0.39, 0.29) is 45.4 Å². The zero-order valence-electron chi connectivity index (χ0n) is 56.7. The van der Waals surface area contributed by atoms with Crippen molar-refractivity contribution in [1.29, 1.82) is 0 Å². The Morgan fingerprint density at radius 3 is 0.814 bits per heavy atom. The first-order valence-corrected chi connectivity index (χ1v) is 31.3. The minimum absolute atomic E-state index is 0.00547. The zero-order valence-corrected chi connectivity index (χ0v) is 56.7. The highest BCUT2D eigenvalue weighted by Crippen LogP contribution is 2.54. The molecule has 6 heteroatoms. The normalized spacial score (nSPS) is 27.7. The lowest BCUT2D eigenvalue weighted by molar-refractivity contribution is -0.128. The Labute approximate surface area is 522 Å². The standard InChI is InChI=1S/C40H56O4.C40H56O2/c1-29(17-13-19-31(3)21-23-35(43)39(9)27-33(41)25-37(39,5)6)15-11-12-16-30(2)18-14-20-32(4)22-24-36(44)40(10)28-34(42)26-38(40,7)8;1-29(17-13-19-31(3)21-23-37-33(5)25-35(41)27-39(37,7)8)15-11-12-16-30(2)18-14-20-32(4)22-24-38-34(6)26-36(42)28-40(38,9)10/h11-24,33-34,41-42H,25-28H2,1-10H3;11-24,35-36,41-42H,25-28H2,1-10H3/b2*12-11+,17-13+,18-14+,23-21+,24-22+,29-15+,30-16+,31-19+,32-20+/t33-,34-,39-,40-;35-,36-/m01/s1. The molecule has 0 saturated heterocycles. The number of carbonyl (C=O) groups is 2. The van der Waals surface area contributed by atoms with E-state index >= 15 is 0 Å². The van der Waals surface area contributed by atoms with Gasteiger partial charge in [-0.05, 0) is 166 Å². The summed E-state index contributed by atoms with van der Waals surface area (Å²) in [6, 6.07) is 0. The van der Waals surface area contributed by atoms with Crippen LogP contribution in [0, 0.1) is 32.5 Å². The number of aliphatic hydroxyl groups is 4. The lowest BCUT2D eigenvalue weighted by Gasteiger charge is -2.35. The van der Waals surface area contributed by atoms with Crippen molar-refractivity contribution >= 4 is 11.6 Å². The first kappa shape index (κ1) is 74.2. The molecule has 4 aliphatic carbocycles. The van der Waals surface area contributed by atoms with E-state index in [1.165, 1.54) is 44.6 Å². The van der Waals surface area contributed by atoms with Crippen LogP contribution in [0.1, 0.15) is 190 Å². The molecule has 2 fully saturated rings. The van der Waals surface area contributed by atoms with Gasteiger partial charge in [0.05, 0.1) is 24.4 Å². The summed E-state index contributed by atoms with van der Waals surface area (Å²) in [6.07, 6.45) is 61.2. The van der Waals surface area contributed by atoms with Crippen LogP contribution in [0.3, 0.4) is 0 Å². The lowest BCUT2D eigenvalue weighted by atomic mass is 9.66. The summed E-state index contributed by atoms with van der Waals surface area (Å²) in [7, 11) is 0. The fraction of sp³-hybridized carbons (Fsp3) is 0.475. The van der Waals surface area contributed by atoms with Crippen LogP contribution in [0.5, 0.6) is 0 Å². The van der Waals surface area contributed by atoms with Crippen LogP contribution in [0.2, 0.25) is 0 Å². The third-order valence-electron chi connectivity index (χ3n) is 18.4. The fourth-order valence-electron chi connectivity index (χ4n) is 12.4. The maximum absolute atomic E-state index is 12.9. The number of carbonyl (C=O) groups excluding carboxylic acids is 2. The van der Waals surface area contributed by atoms with E-state index in [9.17, 15) is 30.0 Å². The van der Waals surface area contributed by atoms with E-state index in [1.54, 1.807) is 12.2 Å². The van der Waals surface area contributed by atoms with E-state index in [0.717, 1.165) is 48.0 Å². The molecule has 2 saturated carbocycles. The van der Waals surface area contributed by atoms with E-state index < -0.39 is 23.0 Å². The number of aliphatic hydroxyl groups excluding tert-OH is 4. The highest BCUT2D eigenvalue weighted by Gasteiger charge is 2.54. The Morgan fingerprint density at radius 2 is 0.570 bits per heavy atom. The Bertz CT molecular complexity index is 2830. The van der Waals surface area contributed by atoms with Crippen molar-refractivity contribution < 1.29 is 30.0 Å². The van der Waals surface area contributed by atoms with Crippen molar-refractivity contribution in [3.8, 4) is 0 Å². The van der Waals surface area contributed by atoms with Crippen molar-refractivity contribution in [2.45, 2.75) is 214 Å². The number of hydrogen-bond donors (Lipinski definition) is 4. The topological polar surface area (TPSA) is 115 Å². The van der Waals surface area contributed by atoms with Crippen molar-refractivity contribution in [3.63, 3.8) is 0 Å². The molecule has 0 aromatic rings. The highest BCUT2D eigenvalue weighted by atomic mass is 16.3. The summed E-state index contributed by atoms with van der Waals surface area (Å²) in [5, 5.41) is 40.4. The zero-order chi connectivity index (χ0) is 64.8. The monoisotopic (exact) mass is 1170 g/mol. The largest absolute Gasteiger partial charge is 0.393 e. The summed E-state index contributed by atoms with van der Waals surface area (Å²) in [5.41, 5.74) is 12.7. The summed E-state index contributed by atoms with van der Waals surface area (Å²) < 4.78 is 0. The predicted octanol–water partition coefficient (Wildman–Crippen LogP) is 19.6. The van der Waals surface area contributed by atoms with Crippen LogP contribution >= 0.6 is 0 Å². The van der Waals surface area contributed by atoms with Crippen LogP contribution < -0.4 is 0 Å². The molecular formula is C80H112O6. The number of ketones is 2. The third-order valence-corrected chi connectivity index (χ3v) is 18.4. The minimum Gasteiger partial charge on any atom is -0.393 e. The molecule has 4 N–H and O–H groups in total. The Morgan fingerprint density at radius 1 is 0.326 bits per heavy atom. The number of hydrogen-bond acceptors (Lipinski definition) is 6. The van der Waals surface area contributed by atoms with Crippen LogP contribution in [0.4, 0.5) is 0 Å². The molecule has 0 aromatic carbocycles. The first-order valence-electron chi connectivity index (χ1n) is 31.3. The van der Waals surface area contributed by atoms with E-state index in [0.29, 0.717) is 25.7 Å². The van der Waals surface area contributed by atoms with Gasteiger partial charge in [-0.2, -0.15) is 0 Å². The van der Waals surface area contributed by atoms with Crippen molar-refractivity contribution in [2.75, 3.05) is 0 Å². The minimum atomic E-state index is -0.542. The van der Waals surface area contributed by atoms with Gasteiger partial charge in [0.2, 0.25) is 0 Å². The van der Waals surface area contributed by atoms with Crippen molar-refractivity contribution in [1.82, 2.24) is 0 Å². The molecule has 4 aliphatic rings. The molecule has 0 aromatic heterocycles. The summed E-state index contributed by atoms with van der Waals surface area (Å²) in [5.74, 6) is 0.148. The van der Waals surface area contributed by atoms with Crippen LogP contribution in [0.25, 0.3) is 0 Å². The van der Waals surface area contributed by atoms with Crippen molar-refractivity contribution in [3.05, 3.63) is 237 Å². The van der Waals surface area contributed by atoms with Gasteiger partial charge in [-0.25, -0.2) is 0 Å². The summed E-state index contributed by atoms with van der Waals surface area (Å²) in [6.45, 7) is 41.8. The van der Waals surface area contributed by atoms with Gasteiger partial charge in [0, 0.05) is 10.8 Å². The van der Waals surface area contributed by atoms with E-state index in [2.05, 4.69) is 182 Å². The molecule has 0 heterocycles. The highest BCUT2D eigenvalue weighted by molar-refractivity contribution is 5.96. The molecule has 468 valence electrons. The van der Waals surface area contributed by atoms with E-state index in [4.69, 9.17) is 0 Å². The Balaban J connectivity index is 0.000000451. The molecule has 6 atom stereocenters. The molecule has 0 spiro atoms. The van der Waals surface area contributed by atoms with Gasteiger partial charge in [-0.1, -0.05) is 283 Å². The van der Waals surface area contributed by atoms with Gasteiger partial charge in [0.15, 0.2) is 11.6 Å². The van der Waals surface area contributed by atoms with Gasteiger partial charge in [0.1, 0.15) is 0 Å².